The van der Waals surface area contributed by atoms with Crippen LogP contribution in [0.2, 0.25) is 0 Å². The van der Waals surface area contributed by atoms with Crippen molar-refractivity contribution in [2.75, 3.05) is 13.7 Å². The lowest BCUT2D eigenvalue weighted by Crippen LogP contribution is -2.42. The molecule has 2 rings (SSSR count). The highest BCUT2D eigenvalue weighted by atomic mass is 32.2. The van der Waals surface area contributed by atoms with E-state index in [1.165, 1.54) is 31.4 Å². The van der Waals surface area contributed by atoms with Gasteiger partial charge in [0, 0.05) is 17.2 Å². The Balaban J connectivity index is 2.11. The zero-order valence-electron chi connectivity index (χ0n) is 19.5. The summed E-state index contributed by atoms with van der Waals surface area (Å²) < 4.78 is 38.3. The molecule has 0 atom stereocenters. The van der Waals surface area contributed by atoms with Gasteiger partial charge in [-0.05, 0) is 63.1 Å². The van der Waals surface area contributed by atoms with E-state index >= 15 is 0 Å². The van der Waals surface area contributed by atoms with Crippen molar-refractivity contribution in [3.63, 3.8) is 0 Å². The molecule has 0 unspecified atom stereocenters. The highest BCUT2D eigenvalue weighted by Gasteiger charge is 2.19. The third-order valence-corrected chi connectivity index (χ3v) is 6.28. The molecular weight excluding hydrogens is 446 g/mol. The lowest BCUT2D eigenvalue weighted by Gasteiger charge is -2.14. The Morgan fingerprint density at radius 2 is 1.70 bits per heavy atom. The number of benzene rings is 2. The first-order valence-electron chi connectivity index (χ1n) is 10.6. The maximum absolute atomic E-state index is 12.6. The molecule has 0 radical (unpaired) electrons. The molecule has 0 bridgehead atoms. The quantitative estimate of drug-likeness (QED) is 0.357. The van der Waals surface area contributed by atoms with E-state index in [4.69, 9.17) is 9.47 Å². The van der Waals surface area contributed by atoms with Crippen LogP contribution in [-0.4, -0.2) is 40.0 Å². The fraction of sp³-hybridized carbons (Fsp3) is 0.391. The molecule has 0 aliphatic heterocycles. The molecule has 10 heteroatoms. The van der Waals surface area contributed by atoms with Crippen LogP contribution in [0.5, 0.6) is 11.5 Å². The molecule has 0 aromatic heterocycles. The molecule has 0 heterocycles. The third kappa shape index (κ3) is 7.19. The number of hydrazine groups is 1. The first-order chi connectivity index (χ1) is 15.6. The summed E-state index contributed by atoms with van der Waals surface area (Å²) in [7, 11) is -2.29. The van der Waals surface area contributed by atoms with Crippen LogP contribution in [0.3, 0.4) is 0 Å². The number of sulfonamides is 1. The summed E-state index contributed by atoms with van der Waals surface area (Å²) >= 11 is 0. The lowest BCUT2D eigenvalue weighted by molar-refractivity contribution is 0.0846. The normalized spacial score (nSPS) is 11.2. The van der Waals surface area contributed by atoms with Gasteiger partial charge >= 0.3 is 0 Å². The second-order valence-electron chi connectivity index (χ2n) is 7.73. The Bertz CT molecular complexity index is 1100. The van der Waals surface area contributed by atoms with Crippen LogP contribution in [0, 0.1) is 6.92 Å². The number of hydrogen-bond donors (Lipinski definition) is 3. The molecule has 0 aliphatic carbocycles. The van der Waals surface area contributed by atoms with Gasteiger partial charge in [0.15, 0.2) is 11.5 Å². The van der Waals surface area contributed by atoms with Crippen molar-refractivity contribution in [1.82, 2.24) is 15.6 Å². The number of carbonyl (C=O) groups excluding carboxylic acids is 2. The predicted octanol–water partition coefficient (Wildman–Crippen LogP) is 2.94. The van der Waals surface area contributed by atoms with Crippen molar-refractivity contribution in [1.29, 1.82) is 0 Å². The second kappa shape index (κ2) is 11.7. The number of ether oxygens (including phenoxy) is 2. The molecule has 0 fully saturated rings. The molecule has 0 spiro atoms. The van der Waals surface area contributed by atoms with Crippen molar-refractivity contribution >= 4 is 21.8 Å². The molecule has 33 heavy (non-hydrogen) atoms. The smallest absolute Gasteiger partial charge is 0.270 e. The highest BCUT2D eigenvalue weighted by molar-refractivity contribution is 7.89. The lowest BCUT2D eigenvalue weighted by atomic mass is 10.1. The molecule has 9 nitrogen and oxygen atoms in total. The maximum atomic E-state index is 12.6. The fourth-order valence-electron chi connectivity index (χ4n) is 2.90. The number of aryl methyl sites for hydroxylation is 1. The van der Waals surface area contributed by atoms with Crippen molar-refractivity contribution in [3.05, 3.63) is 53.1 Å². The molecular formula is C23H31N3O6S. The zero-order valence-corrected chi connectivity index (χ0v) is 20.3. The molecule has 0 saturated heterocycles. The number of hydrogen-bond acceptors (Lipinski definition) is 6. The molecule has 3 N–H and O–H groups in total. The number of methoxy groups -OCH3 is 1. The molecule has 180 valence electrons. The third-order valence-electron chi connectivity index (χ3n) is 4.63. The number of nitrogens with one attached hydrogen (secondary N) is 3. The molecule has 0 saturated carbocycles. The van der Waals surface area contributed by atoms with Crippen LogP contribution in [0.1, 0.15) is 59.9 Å². The van der Waals surface area contributed by atoms with Gasteiger partial charge in [0.05, 0.1) is 18.6 Å². The van der Waals surface area contributed by atoms with Gasteiger partial charge in [0.25, 0.3) is 11.8 Å². The van der Waals surface area contributed by atoms with Crippen LogP contribution in [0.25, 0.3) is 0 Å². The van der Waals surface area contributed by atoms with Gasteiger partial charge in [0.2, 0.25) is 10.0 Å². The van der Waals surface area contributed by atoms with Crippen molar-refractivity contribution in [2.24, 2.45) is 0 Å². The summed E-state index contributed by atoms with van der Waals surface area (Å²) in [6.45, 7) is 7.67. The van der Waals surface area contributed by atoms with E-state index in [9.17, 15) is 18.0 Å². The largest absolute Gasteiger partial charge is 0.493 e. The Morgan fingerprint density at radius 3 is 2.33 bits per heavy atom. The summed E-state index contributed by atoms with van der Waals surface area (Å²) in [5.74, 6) is -0.287. The Labute approximate surface area is 194 Å². The van der Waals surface area contributed by atoms with Crippen molar-refractivity contribution in [3.8, 4) is 11.5 Å². The first kappa shape index (κ1) is 26.1. The molecule has 2 aromatic carbocycles. The SMILES string of the molecule is CCCCOc1ccc(C(=O)NNC(=O)c2cc(S(=O)(=O)NC(C)C)ccc2C)cc1OC. The van der Waals surface area contributed by atoms with Gasteiger partial charge in [-0.2, -0.15) is 0 Å². The highest BCUT2D eigenvalue weighted by Crippen LogP contribution is 2.28. The van der Waals surface area contributed by atoms with Crippen molar-refractivity contribution in [2.45, 2.75) is 51.5 Å². The zero-order chi connectivity index (χ0) is 24.6. The average Bonchev–Trinajstić information content (AvgIpc) is 2.76. The maximum Gasteiger partial charge on any atom is 0.270 e. The minimum atomic E-state index is -3.77. The Morgan fingerprint density at radius 1 is 1.00 bits per heavy atom. The van der Waals surface area contributed by atoms with Gasteiger partial charge in [-0.3, -0.25) is 20.4 Å². The van der Waals surface area contributed by atoms with Crippen molar-refractivity contribution < 1.29 is 27.5 Å². The fourth-order valence-corrected chi connectivity index (χ4v) is 4.18. The molecule has 2 aromatic rings. The topological polar surface area (TPSA) is 123 Å². The number of unbranched alkanes of at least 4 members (excludes halogenated alkanes) is 1. The van der Waals surface area contributed by atoms with E-state index in [0.29, 0.717) is 23.7 Å². The van der Waals surface area contributed by atoms with Crippen LogP contribution in [-0.2, 0) is 10.0 Å². The van der Waals surface area contributed by atoms with E-state index in [-0.39, 0.29) is 22.1 Å². The first-order valence-corrected chi connectivity index (χ1v) is 12.1. The minimum absolute atomic E-state index is 0.0401. The van der Waals surface area contributed by atoms with Gasteiger partial charge in [0.1, 0.15) is 0 Å². The van der Waals surface area contributed by atoms with Gasteiger partial charge in [-0.25, -0.2) is 13.1 Å². The summed E-state index contributed by atoms with van der Waals surface area (Å²) in [5.41, 5.74) is 5.60. The minimum Gasteiger partial charge on any atom is -0.493 e. The van der Waals surface area contributed by atoms with E-state index in [0.717, 1.165) is 12.8 Å². The monoisotopic (exact) mass is 477 g/mol. The number of amides is 2. The van der Waals surface area contributed by atoms with Gasteiger partial charge < -0.3 is 9.47 Å². The van der Waals surface area contributed by atoms with Gasteiger partial charge in [-0.1, -0.05) is 19.4 Å². The van der Waals surface area contributed by atoms with Crippen LogP contribution in [0.4, 0.5) is 0 Å². The van der Waals surface area contributed by atoms with Crippen LogP contribution in [0.15, 0.2) is 41.3 Å². The van der Waals surface area contributed by atoms with Gasteiger partial charge in [-0.15, -0.1) is 0 Å². The summed E-state index contributed by atoms with van der Waals surface area (Å²) in [6, 6.07) is 8.63. The van der Waals surface area contributed by atoms with E-state index in [1.807, 2.05) is 0 Å². The Hall–Kier alpha value is -3.11. The molecule has 0 aliphatic rings. The van der Waals surface area contributed by atoms with Crippen LogP contribution < -0.4 is 25.0 Å². The predicted molar refractivity (Wildman–Crippen MR) is 125 cm³/mol. The summed E-state index contributed by atoms with van der Waals surface area (Å²) in [4.78, 5) is 25.1. The van der Waals surface area contributed by atoms with E-state index in [1.54, 1.807) is 32.9 Å². The second-order valence-corrected chi connectivity index (χ2v) is 9.44. The Kier molecular flexibility index (Phi) is 9.24. The number of rotatable bonds is 10. The van der Waals surface area contributed by atoms with E-state index < -0.39 is 21.8 Å². The standard InChI is InChI=1S/C23H31N3O6S/c1-6-7-12-32-20-11-9-17(13-21(20)31-5)22(27)24-25-23(28)19-14-18(10-8-16(19)4)33(29,30)26-15(2)3/h8-11,13-15,26H,6-7,12H2,1-5H3,(H,24,27)(H,25,28). The van der Waals surface area contributed by atoms with Crippen LogP contribution >= 0.6 is 0 Å². The number of carbonyl (C=O) groups is 2. The van der Waals surface area contributed by atoms with E-state index in [2.05, 4.69) is 22.5 Å². The summed E-state index contributed by atoms with van der Waals surface area (Å²) in [6.07, 6.45) is 1.89. The average molecular weight is 478 g/mol. The molecule has 2 amide bonds. The summed E-state index contributed by atoms with van der Waals surface area (Å²) in [5, 5.41) is 0.